The molecule has 1 fully saturated rings. The molecule has 9 heteroatoms. The number of carbonyl (C=O) groups is 3. The summed E-state index contributed by atoms with van der Waals surface area (Å²) in [6, 6.07) is 6.91. The van der Waals surface area contributed by atoms with E-state index in [1.54, 1.807) is 38.1 Å². The zero-order valence-electron chi connectivity index (χ0n) is 15.8. The van der Waals surface area contributed by atoms with Gasteiger partial charge in [-0.1, -0.05) is 12.1 Å². The Kier molecular flexibility index (Phi) is 5.93. The lowest BCUT2D eigenvalue weighted by molar-refractivity contribution is -0.128. The minimum atomic E-state index is -0.569. The lowest BCUT2D eigenvalue weighted by Crippen LogP contribution is -2.30. The Morgan fingerprint density at radius 1 is 1.32 bits per heavy atom. The van der Waals surface area contributed by atoms with Crippen LogP contribution in [0.5, 0.6) is 5.75 Å². The largest absolute Gasteiger partial charge is 0.497 e. The highest BCUT2D eigenvalue weighted by Crippen LogP contribution is 2.38. The standard InChI is InChI=1S/C19H21N3O5S/c1-4-27-18(25)14-10-28-19(20-14)21-17(24)13-9-15(23)22(2)16(13)11-5-7-12(26-3)8-6-11/h5-8,10,13,16H,4,9H2,1-3H3,(H,20,21,24)/t13-,16-/m1/s1. The van der Waals surface area contributed by atoms with E-state index in [4.69, 9.17) is 9.47 Å². The maximum atomic E-state index is 12.9. The molecule has 1 aliphatic rings. The third-order valence-electron chi connectivity index (χ3n) is 4.60. The fourth-order valence-corrected chi connectivity index (χ4v) is 3.87. The van der Waals surface area contributed by atoms with Crippen molar-refractivity contribution in [1.82, 2.24) is 9.88 Å². The predicted octanol–water partition coefficient (Wildman–Crippen LogP) is 2.49. The molecule has 0 unspecified atom stereocenters. The van der Waals surface area contributed by atoms with E-state index in [0.29, 0.717) is 10.9 Å². The third-order valence-corrected chi connectivity index (χ3v) is 5.36. The number of anilines is 1. The third kappa shape index (κ3) is 3.99. The highest BCUT2D eigenvalue weighted by molar-refractivity contribution is 7.14. The van der Waals surface area contributed by atoms with Gasteiger partial charge >= 0.3 is 5.97 Å². The van der Waals surface area contributed by atoms with Crippen LogP contribution in [0.1, 0.15) is 35.4 Å². The van der Waals surface area contributed by atoms with E-state index < -0.39 is 11.9 Å². The van der Waals surface area contributed by atoms with Gasteiger partial charge < -0.3 is 19.7 Å². The minimum Gasteiger partial charge on any atom is -0.497 e. The number of aromatic nitrogens is 1. The van der Waals surface area contributed by atoms with E-state index in [1.165, 1.54) is 5.38 Å². The number of ether oxygens (including phenoxy) is 2. The predicted molar refractivity (Wildman–Crippen MR) is 103 cm³/mol. The molecule has 2 aromatic rings. The molecule has 3 rings (SSSR count). The summed E-state index contributed by atoms with van der Waals surface area (Å²) < 4.78 is 10.1. The van der Waals surface area contributed by atoms with Crippen LogP contribution in [0.15, 0.2) is 29.6 Å². The van der Waals surface area contributed by atoms with Gasteiger partial charge in [0.25, 0.3) is 0 Å². The lowest BCUT2D eigenvalue weighted by atomic mass is 9.93. The summed E-state index contributed by atoms with van der Waals surface area (Å²) in [5.74, 6) is -0.825. The molecule has 1 aromatic carbocycles. The van der Waals surface area contributed by atoms with Crippen LogP contribution in [0.4, 0.5) is 5.13 Å². The van der Waals surface area contributed by atoms with E-state index >= 15 is 0 Å². The molecule has 2 atom stereocenters. The number of rotatable bonds is 6. The fraction of sp³-hybridized carbons (Fsp3) is 0.368. The molecule has 0 saturated carbocycles. The number of methoxy groups -OCH3 is 1. The number of nitrogens with zero attached hydrogens (tertiary/aromatic N) is 2. The molecule has 148 valence electrons. The SMILES string of the molecule is CCOC(=O)c1csc(NC(=O)[C@@H]2CC(=O)N(C)[C@@H]2c2ccc(OC)cc2)n1. The molecule has 2 amide bonds. The number of thiazole rings is 1. The van der Waals surface area contributed by atoms with Crippen LogP contribution in [0, 0.1) is 5.92 Å². The Hall–Kier alpha value is -2.94. The van der Waals surface area contributed by atoms with Gasteiger partial charge in [0.2, 0.25) is 11.8 Å². The van der Waals surface area contributed by atoms with Crippen molar-refractivity contribution >= 4 is 34.3 Å². The van der Waals surface area contributed by atoms with E-state index in [0.717, 1.165) is 16.9 Å². The zero-order valence-corrected chi connectivity index (χ0v) is 16.6. The molecule has 8 nitrogen and oxygen atoms in total. The maximum Gasteiger partial charge on any atom is 0.357 e. The van der Waals surface area contributed by atoms with Crippen LogP contribution < -0.4 is 10.1 Å². The number of likely N-dealkylation sites (tertiary alicyclic amines) is 1. The molecule has 1 aliphatic heterocycles. The summed E-state index contributed by atoms with van der Waals surface area (Å²) in [4.78, 5) is 42.5. The van der Waals surface area contributed by atoms with Crippen molar-refractivity contribution < 1.29 is 23.9 Å². The highest BCUT2D eigenvalue weighted by Gasteiger charge is 2.42. The van der Waals surface area contributed by atoms with Gasteiger partial charge in [0.1, 0.15) is 5.75 Å². The van der Waals surface area contributed by atoms with Gasteiger partial charge in [0.05, 0.1) is 25.7 Å². The van der Waals surface area contributed by atoms with Crippen LogP contribution >= 0.6 is 11.3 Å². The smallest absolute Gasteiger partial charge is 0.357 e. The summed E-state index contributed by atoms with van der Waals surface area (Å²) in [7, 11) is 3.27. The summed E-state index contributed by atoms with van der Waals surface area (Å²) in [5.41, 5.74) is 0.995. The Morgan fingerprint density at radius 2 is 2.04 bits per heavy atom. The van der Waals surface area contributed by atoms with E-state index in [-0.39, 0.29) is 36.6 Å². The molecular weight excluding hydrogens is 382 g/mol. The number of esters is 1. The summed E-state index contributed by atoms with van der Waals surface area (Å²) in [6.07, 6.45) is 0.106. The van der Waals surface area contributed by atoms with Crippen molar-refractivity contribution in [2.24, 2.45) is 5.92 Å². The molecule has 1 aromatic heterocycles. The van der Waals surface area contributed by atoms with Crippen molar-refractivity contribution in [3.05, 3.63) is 40.9 Å². The molecule has 0 radical (unpaired) electrons. The molecule has 28 heavy (non-hydrogen) atoms. The second-order valence-electron chi connectivity index (χ2n) is 6.28. The highest BCUT2D eigenvalue weighted by atomic mass is 32.1. The van der Waals surface area contributed by atoms with Crippen molar-refractivity contribution in [2.75, 3.05) is 26.1 Å². The quantitative estimate of drug-likeness (QED) is 0.744. The Labute approximate surface area is 166 Å². The number of hydrogen-bond donors (Lipinski definition) is 1. The Morgan fingerprint density at radius 3 is 2.68 bits per heavy atom. The average Bonchev–Trinajstić information content (AvgIpc) is 3.27. The normalized spacial score (nSPS) is 18.8. The minimum absolute atomic E-state index is 0.104. The monoisotopic (exact) mass is 403 g/mol. The van der Waals surface area contributed by atoms with Crippen LogP contribution in [0.3, 0.4) is 0 Å². The van der Waals surface area contributed by atoms with Gasteiger partial charge in [-0.25, -0.2) is 9.78 Å². The summed E-state index contributed by atoms with van der Waals surface area (Å²) in [6.45, 7) is 1.96. The second kappa shape index (κ2) is 8.39. The van der Waals surface area contributed by atoms with Crippen LogP contribution in [0.25, 0.3) is 0 Å². The number of nitrogens with one attached hydrogen (secondary N) is 1. The van der Waals surface area contributed by atoms with Crippen molar-refractivity contribution in [3.8, 4) is 5.75 Å². The number of amides is 2. The van der Waals surface area contributed by atoms with E-state index in [1.807, 2.05) is 12.1 Å². The first kappa shape index (κ1) is 19.8. The zero-order chi connectivity index (χ0) is 20.3. The molecule has 0 bridgehead atoms. The molecule has 2 heterocycles. The van der Waals surface area contributed by atoms with Crippen LogP contribution in [-0.2, 0) is 14.3 Å². The van der Waals surface area contributed by atoms with Gasteiger partial charge in [-0.3, -0.25) is 9.59 Å². The van der Waals surface area contributed by atoms with Gasteiger partial charge in [-0.2, -0.15) is 0 Å². The first-order valence-electron chi connectivity index (χ1n) is 8.77. The molecule has 0 aliphatic carbocycles. The van der Waals surface area contributed by atoms with Crippen LogP contribution in [0.2, 0.25) is 0 Å². The Balaban J connectivity index is 1.77. The van der Waals surface area contributed by atoms with Gasteiger partial charge in [-0.15, -0.1) is 11.3 Å². The average molecular weight is 403 g/mol. The Bertz CT molecular complexity index is 880. The van der Waals surface area contributed by atoms with Crippen molar-refractivity contribution in [3.63, 3.8) is 0 Å². The first-order chi connectivity index (χ1) is 13.4. The number of carbonyl (C=O) groups excluding carboxylic acids is 3. The maximum absolute atomic E-state index is 12.9. The van der Waals surface area contributed by atoms with Gasteiger partial charge in [0.15, 0.2) is 10.8 Å². The molecule has 0 spiro atoms. The first-order valence-corrected chi connectivity index (χ1v) is 9.65. The summed E-state index contributed by atoms with van der Waals surface area (Å²) >= 11 is 1.14. The molecular formula is C19H21N3O5S. The molecule has 1 N–H and O–H groups in total. The topological polar surface area (TPSA) is 97.8 Å². The number of benzene rings is 1. The van der Waals surface area contributed by atoms with Gasteiger partial charge in [0, 0.05) is 18.8 Å². The lowest BCUT2D eigenvalue weighted by Gasteiger charge is -2.24. The number of hydrogen-bond acceptors (Lipinski definition) is 7. The van der Waals surface area contributed by atoms with Crippen LogP contribution in [-0.4, -0.2) is 48.4 Å². The van der Waals surface area contributed by atoms with Crippen molar-refractivity contribution in [2.45, 2.75) is 19.4 Å². The second-order valence-corrected chi connectivity index (χ2v) is 7.14. The van der Waals surface area contributed by atoms with Crippen molar-refractivity contribution in [1.29, 1.82) is 0 Å². The van der Waals surface area contributed by atoms with E-state index in [2.05, 4.69) is 10.3 Å². The van der Waals surface area contributed by atoms with E-state index in [9.17, 15) is 14.4 Å². The summed E-state index contributed by atoms with van der Waals surface area (Å²) in [5, 5.41) is 4.54. The fourth-order valence-electron chi connectivity index (χ4n) is 3.19. The van der Waals surface area contributed by atoms with Gasteiger partial charge in [-0.05, 0) is 24.6 Å². The molecule has 1 saturated heterocycles.